The van der Waals surface area contributed by atoms with Crippen molar-refractivity contribution < 1.29 is 0 Å². The molecule has 0 amide bonds. The first-order chi connectivity index (χ1) is 5.79. The molecule has 1 aliphatic carbocycles. The van der Waals surface area contributed by atoms with Gasteiger partial charge in [-0.15, -0.1) is 0 Å². The van der Waals surface area contributed by atoms with Crippen molar-refractivity contribution in [3.05, 3.63) is 18.6 Å². The lowest BCUT2D eigenvalue weighted by Gasteiger charge is -2.36. The van der Waals surface area contributed by atoms with Gasteiger partial charge in [0.15, 0.2) is 0 Å². The normalized spacial score (nSPS) is 19.8. The molecule has 12 heavy (non-hydrogen) atoms. The van der Waals surface area contributed by atoms with Crippen molar-refractivity contribution in [3.8, 4) is 0 Å². The minimum Gasteiger partial charge on any atom is -0.351 e. The molecule has 0 bridgehead atoms. The number of nitrogens with one attached hydrogen (secondary N) is 1. The van der Waals surface area contributed by atoms with E-state index >= 15 is 0 Å². The van der Waals surface area contributed by atoms with Crippen LogP contribution in [0.3, 0.4) is 0 Å². The van der Waals surface area contributed by atoms with Crippen LogP contribution in [-0.4, -0.2) is 15.0 Å². The van der Waals surface area contributed by atoms with Crippen LogP contribution in [0.25, 0.3) is 0 Å². The summed E-state index contributed by atoms with van der Waals surface area (Å²) in [5.74, 6) is 0.805. The van der Waals surface area contributed by atoms with E-state index in [1.54, 1.807) is 6.20 Å². The summed E-state index contributed by atoms with van der Waals surface area (Å²) in [5.41, 5.74) is 0. The lowest BCUT2D eigenvalue weighted by molar-refractivity contribution is 0.392. The monoisotopic (exact) mass is 183 g/mol. The van der Waals surface area contributed by atoms with Gasteiger partial charge in [-0.1, -0.05) is 11.6 Å². The Balaban J connectivity index is 2.04. The SMILES string of the molecule is ClC1(Nc2ccncn2)CCC1. The fraction of sp³-hybridized carbons (Fsp3) is 0.500. The van der Waals surface area contributed by atoms with Crippen LogP contribution in [0.15, 0.2) is 18.6 Å². The van der Waals surface area contributed by atoms with E-state index in [1.165, 1.54) is 12.7 Å². The summed E-state index contributed by atoms with van der Waals surface area (Å²) in [5, 5.41) is 3.17. The van der Waals surface area contributed by atoms with Crippen molar-refractivity contribution in [2.24, 2.45) is 0 Å². The van der Waals surface area contributed by atoms with Gasteiger partial charge in [0, 0.05) is 6.20 Å². The third-order valence-corrected chi connectivity index (χ3v) is 2.55. The maximum absolute atomic E-state index is 6.17. The first-order valence-electron chi connectivity index (χ1n) is 4.02. The minimum atomic E-state index is -0.242. The predicted octanol–water partition coefficient (Wildman–Crippen LogP) is 2.01. The molecule has 64 valence electrons. The van der Waals surface area contributed by atoms with Gasteiger partial charge in [0.05, 0.1) is 0 Å². The molecule has 1 fully saturated rings. The summed E-state index contributed by atoms with van der Waals surface area (Å²) in [4.78, 5) is 7.62. The first-order valence-corrected chi connectivity index (χ1v) is 4.39. The highest BCUT2D eigenvalue weighted by Gasteiger charge is 2.34. The van der Waals surface area contributed by atoms with Gasteiger partial charge in [-0.25, -0.2) is 9.97 Å². The molecule has 1 aliphatic rings. The Morgan fingerprint density at radius 3 is 2.83 bits per heavy atom. The number of halogens is 1. The number of aromatic nitrogens is 2. The molecular weight excluding hydrogens is 174 g/mol. The summed E-state index contributed by atoms with van der Waals surface area (Å²) < 4.78 is 0. The molecule has 1 heterocycles. The second-order valence-electron chi connectivity index (χ2n) is 3.04. The molecule has 2 rings (SSSR count). The van der Waals surface area contributed by atoms with Crippen molar-refractivity contribution in [2.75, 3.05) is 5.32 Å². The lowest BCUT2D eigenvalue weighted by Crippen LogP contribution is -2.39. The van der Waals surface area contributed by atoms with Crippen LogP contribution >= 0.6 is 11.6 Å². The maximum atomic E-state index is 6.17. The van der Waals surface area contributed by atoms with Crippen molar-refractivity contribution >= 4 is 17.4 Å². The third-order valence-electron chi connectivity index (χ3n) is 2.08. The molecule has 0 aliphatic heterocycles. The smallest absolute Gasteiger partial charge is 0.130 e. The van der Waals surface area contributed by atoms with Crippen molar-refractivity contribution in [1.82, 2.24) is 9.97 Å². The standard InChI is InChI=1S/C8H10ClN3/c9-8(3-1-4-8)12-7-2-5-10-6-11-7/h2,5-6H,1,3-4H2,(H,10,11,12). The fourth-order valence-corrected chi connectivity index (χ4v) is 1.57. The summed E-state index contributed by atoms with van der Waals surface area (Å²) in [7, 11) is 0. The minimum absolute atomic E-state index is 0.242. The van der Waals surface area contributed by atoms with Gasteiger partial charge >= 0.3 is 0 Å². The highest BCUT2D eigenvalue weighted by molar-refractivity contribution is 6.25. The molecule has 0 saturated heterocycles. The molecular formula is C8H10ClN3. The van der Waals surface area contributed by atoms with Crippen molar-refractivity contribution in [3.63, 3.8) is 0 Å². The Hall–Kier alpha value is -0.830. The number of hydrogen-bond donors (Lipinski definition) is 1. The molecule has 1 N–H and O–H groups in total. The highest BCUT2D eigenvalue weighted by Crippen LogP contribution is 2.38. The predicted molar refractivity (Wildman–Crippen MR) is 48.1 cm³/mol. The average Bonchev–Trinajstić information content (AvgIpc) is 2.04. The zero-order valence-electron chi connectivity index (χ0n) is 6.63. The van der Waals surface area contributed by atoms with Gasteiger partial charge in [-0.05, 0) is 25.3 Å². The average molecular weight is 184 g/mol. The Morgan fingerprint density at radius 2 is 2.33 bits per heavy atom. The fourth-order valence-electron chi connectivity index (χ4n) is 1.21. The van der Waals surface area contributed by atoms with Crippen LogP contribution in [0.2, 0.25) is 0 Å². The maximum Gasteiger partial charge on any atom is 0.130 e. The van der Waals surface area contributed by atoms with Crippen LogP contribution in [0.5, 0.6) is 0 Å². The Labute approximate surface area is 76.2 Å². The van der Waals surface area contributed by atoms with Gasteiger partial charge in [0.25, 0.3) is 0 Å². The Morgan fingerprint density at radius 1 is 1.50 bits per heavy atom. The molecule has 3 nitrogen and oxygen atoms in total. The zero-order chi connectivity index (χ0) is 8.44. The summed E-state index contributed by atoms with van der Waals surface area (Å²) in [6.45, 7) is 0. The Kier molecular flexibility index (Phi) is 1.89. The van der Waals surface area contributed by atoms with E-state index in [0.717, 1.165) is 18.7 Å². The van der Waals surface area contributed by atoms with E-state index in [2.05, 4.69) is 15.3 Å². The quantitative estimate of drug-likeness (QED) is 0.563. The molecule has 0 aromatic carbocycles. The summed E-state index contributed by atoms with van der Waals surface area (Å²) in [6.07, 6.45) is 6.44. The van der Waals surface area contributed by atoms with E-state index in [9.17, 15) is 0 Å². The number of rotatable bonds is 2. The van der Waals surface area contributed by atoms with Gasteiger partial charge < -0.3 is 5.32 Å². The van der Waals surface area contributed by atoms with Crippen LogP contribution in [0.4, 0.5) is 5.82 Å². The third kappa shape index (κ3) is 1.50. The van der Waals surface area contributed by atoms with Gasteiger partial charge in [0.1, 0.15) is 17.1 Å². The van der Waals surface area contributed by atoms with E-state index in [0.29, 0.717) is 0 Å². The van der Waals surface area contributed by atoms with E-state index in [4.69, 9.17) is 11.6 Å². The Bertz CT molecular complexity index is 258. The van der Waals surface area contributed by atoms with Crippen LogP contribution in [-0.2, 0) is 0 Å². The molecule has 1 aromatic heterocycles. The van der Waals surface area contributed by atoms with Crippen molar-refractivity contribution in [2.45, 2.75) is 24.3 Å². The van der Waals surface area contributed by atoms with Crippen LogP contribution in [0, 0.1) is 0 Å². The van der Waals surface area contributed by atoms with E-state index < -0.39 is 0 Å². The number of anilines is 1. The largest absolute Gasteiger partial charge is 0.351 e. The molecule has 0 radical (unpaired) electrons. The summed E-state index contributed by atoms with van der Waals surface area (Å²) >= 11 is 6.17. The molecule has 0 atom stereocenters. The second-order valence-corrected chi connectivity index (χ2v) is 3.76. The van der Waals surface area contributed by atoms with Gasteiger partial charge in [-0.2, -0.15) is 0 Å². The lowest BCUT2D eigenvalue weighted by atomic mass is 9.92. The number of alkyl halides is 1. The molecule has 1 aromatic rings. The van der Waals surface area contributed by atoms with Crippen molar-refractivity contribution in [1.29, 1.82) is 0 Å². The van der Waals surface area contributed by atoms with E-state index in [1.807, 2.05) is 6.07 Å². The number of hydrogen-bond acceptors (Lipinski definition) is 3. The zero-order valence-corrected chi connectivity index (χ0v) is 7.38. The van der Waals surface area contributed by atoms with Crippen LogP contribution in [0.1, 0.15) is 19.3 Å². The molecule has 4 heteroatoms. The topological polar surface area (TPSA) is 37.8 Å². The number of nitrogens with zero attached hydrogens (tertiary/aromatic N) is 2. The molecule has 1 saturated carbocycles. The van der Waals surface area contributed by atoms with Gasteiger partial charge in [0.2, 0.25) is 0 Å². The van der Waals surface area contributed by atoms with Crippen LogP contribution < -0.4 is 5.32 Å². The first kappa shape index (κ1) is 7.80. The second kappa shape index (κ2) is 2.90. The molecule has 0 unspecified atom stereocenters. The molecule has 0 spiro atoms. The highest BCUT2D eigenvalue weighted by atomic mass is 35.5. The summed E-state index contributed by atoms with van der Waals surface area (Å²) in [6, 6.07) is 1.82. The van der Waals surface area contributed by atoms with Gasteiger partial charge in [-0.3, -0.25) is 0 Å². The van der Waals surface area contributed by atoms with E-state index in [-0.39, 0.29) is 5.00 Å².